The number of aromatic nitrogens is 1. The number of hydrogen-bond donors (Lipinski definition) is 0. The molecule has 0 amide bonds. The summed E-state index contributed by atoms with van der Waals surface area (Å²) in [5.74, 6) is 1.32. The lowest BCUT2D eigenvalue weighted by Crippen LogP contribution is -2.02. The van der Waals surface area contributed by atoms with Crippen LogP contribution in [0, 0.1) is 13.8 Å². The average Bonchev–Trinajstić information content (AvgIpc) is 2.54. The normalized spacial score (nSPS) is 10.9. The maximum Gasteiger partial charge on any atom is 0.0224 e. The predicted molar refractivity (Wildman–Crippen MR) is 70.8 cm³/mol. The minimum Gasteiger partial charge on any atom is -0.349 e. The highest BCUT2D eigenvalue weighted by molar-refractivity contribution is 7.98. The molecule has 0 aliphatic carbocycles. The lowest BCUT2D eigenvalue weighted by atomic mass is 10.2. The summed E-state index contributed by atoms with van der Waals surface area (Å²) in [5.41, 5.74) is 2.80. The van der Waals surface area contributed by atoms with Gasteiger partial charge in [0.25, 0.3) is 0 Å². The molecule has 0 atom stereocenters. The standard InChI is InChI=1S/C13H23NS/c1-12-8-9-13(2)14(12)10-6-4-5-7-11-15-3/h8-9H,4-7,10-11H2,1-3H3. The maximum atomic E-state index is 2.43. The number of aryl methyl sites for hydroxylation is 2. The van der Waals surface area contributed by atoms with Gasteiger partial charge in [0.1, 0.15) is 0 Å². The third-order valence-corrected chi connectivity index (χ3v) is 3.59. The molecule has 2 heteroatoms. The van der Waals surface area contributed by atoms with Crippen LogP contribution in [-0.4, -0.2) is 16.6 Å². The first-order valence-corrected chi connectivity index (χ1v) is 7.26. The summed E-state index contributed by atoms with van der Waals surface area (Å²) in [6.45, 7) is 5.59. The molecule has 0 aliphatic heterocycles. The fourth-order valence-electron chi connectivity index (χ4n) is 1.92. The maximum absolute atomic E-state index is 2.43. The van der Waals surface area contributed by atoms with Crippen LogP contribution in [0.25, 0.3) is 0 Å². The van der Waals surface area contributed by atoms with Gasteiger partial charge in [0.05, 0.1) is 0 Å². The Bertz CT molecular complexity index is 259. The van der Waals surface area contributed by atoms with Gasteiger partial charge in [-0.05, 0) is 50.8 Å². The quantitative estimate of drug-likeness (QED) is 0.634. The molecule has 0 spiro atoms. The van der Waals surface area contributed by atoms with E-state index in [0.717, 1.165) is 0 Å². The van der Waals surface area contributed by atoms with E-state index in [-0.39, 0.29) is 0 Å². The van der Waals surface area contributed by atoms with E-state index in [1.807, 2.05) is 11.8 Å². The Hall–Kier alpha value is -0.370. The zero-order valence-electron chi connectivity index (χ0n) is 10.3. The van der Waals surface area contributed by atoms with Gasteiger partial charge in [0, 0.05) is 17.9 Å². The fourth-order valence-corrected chi connectivity index (χ4v) is 2.41. The summed E-state index contributed by atoms with van der Waals surface area (Å²) in [5, 5.41) is 0. The van der Waals surface area contributed by atoms with Crippen molar-refractivity contribution in [1.29, 1.82) is 0 Å². The minimum atomic E-state index is 1.20. The van der Waals surface area contributed by atoms with E-state index < -0.39 is 0 Å². The number of hydrogen-bond acceptors (Lipinski definition) is 1. The van der Waals surface area contributed by atoms with Crippen LogP contribution >= 0.6 is 11.8 Å². The predicted octanol–water partition coefficient (Wildman–Crippen LogP) is 4.03. The van der Waals surface area contributed by atoms with E-state index in [9.17, 15) is 0 Å². The lowest BCUT2D eigenvalue weighted by Gasteiger charge is -2.08. The molecule has 0 N–H and O–H groups in total. The van der Waals surface area contributed by atoms with Gasteiger partial charge in [0.2, 0.25) is 0 Å². The Morgan fingerprint density at radius 1 is 1.00 bits per heavy atom. The summed E-state index contributed by atoms with van der Waals surface area (Å²) in [6, 6.07) is 4.42. The van der Waals surface area contributed by atoms with Crippen LogP contribution in [-0.2, 0) is 6.54 Å². The molecule has 15 heavy (non-hydrogen) atoms. The second-order valence-electron chi connectivity index (χ2n) is 4.17. The SMILES string of the molecule is CSCCCCCCn1c(C)ccc1C. The second kappa shape index (κ2) is 7.00. The third kappa shape index (κ3) is 4.33. The van der Waals surface area contributed by atoms with Gasteiger partial charge in [-0.25, -0.2) is 0 Å². The number of nitrogens with zero attached hydrogens (tertiary/aromatic N) is 1. The van der Waals surface area contributed by atoms with Crippen LogP contribution in [0.15, 0.2) is 12.1 Å². The van der Waals surface area contributed by atoms with E-state index in [4.69, 9.17) is 0 Å². The molecule has 1 aromatic heterocycles. The van der Waals surface area contributed by atoms with Crippen molar-refractivity contribution < 1.29 is 0 Å². The molecular formula is C13H23NS. The highest BCUT2D eigenvalue weighted by Crippen LogP contribution is 2.10. The summed E-state index contributed by atoms with van der Waals surface area (Å²) in [6.07, 6.45) is 7.65. The van der Waals surface area contributed by atoms with Crippen LogP contribution in [0.1, 0.15) is 37.1 Å². The van der Waals surface area contributed by atoms with Crippen molar-refractivity contribution in [3.63, 3.8) is 0 Å². The molecule has 0 unspecified atom stereocenters. The molecular weight excluding hydrogens is 202 g/mol. The van der Waals surface area contributed by atoms with Crippen LogP contribution in [0.3, 0.4) is 0 Å². The fraction of sp³-hybridized carbons (Fsp3) is 0.692. The van der Waals surface area contributed by atoms with E-state index in [1.54, 1.807) is 0 Å². The number of rotatable bonds is 7. The summed E-state index contributed by atoms with van der Waals surface area (Å²) >= 11 is 1.96. The monoisotopic (exact) mass is 225 g/mol. The Labute approximate surface area is 98.3 Å². The first kappa shape index (κ1) is 12.7. The van der Waals surface area contributed by atoms with E-state index in [1.165, 1.54) is 49.4 Å². The average molecular weight is 225 g/mol. The van der Waals surface area contributed by atoms with Gasteiger partial charge < -0.3 is 4.57 Å². The Kier molecular flexibility index (Phi) is 5.92. The summed E-state index contributed by atoms with van der Waals surface area (Å²) < 4.78 is 2.43. The van der Waals surface area contributed by atoms with Crippen LogP contribution in [0.2, 0.25) is 0 Å². The lowest BCUT2D eigenvalue weighted by molar-refractivity contribution is 0.569. The zero-order chi connectivity index (χ0) is 11.1. The van der Waals surface area contributed by atoms with Crippen molar-refractivity contribution in [1.82, 2.24) is 4.57 Å². The molecule has 1 aromatic rings. The first-order chi connectivity index (χ1) is 7.25. The van der Waals surface area contributed by atoms with Gasteiger partial charge in [-0.3, -0.25) is 0 Å². The van der Waals surface area contributed by atoms with Gasteiger partial charge in [0.15, 0.2) is 0 Å². The highest BCUT2D eigenvalue weighted by atomic mass is 32.2. The topological polar surface area (TPSA) is 4.93 Å². The van der Waals surface area contributed by atoms with Crippen molar-refractivity contribution in [2.24, 2.45) is 0 Å². The number of unbranched alkanes of at least 4 members (excludes halogenated alkanes) is 3. The van der Waals surface area contributed by atoms with Crippen molar-refractivity contribution in [2.45, 2.75) is 46.1 Å². The van der Waals surface area contributed by atoms with E-state index >= 15 is 0 Å². The van der Waals surface area contributed by atoms with Crippen LogP contribution < -0.4 is 0 Å². The number of thioether (sulfide) groups is 1. The Balaban J connectivity index is 2.15. The van der Waals surface area contributed by atoms with Crippen molar-refractivity contribution >= 4 is 11.8 Å². The molecule has 0 bridgehead atoms. The van der Waals surface area contributed by atoms with Crippen molar-refractivity contribution in [3.05, 3.63) is 23.5 Å². The highest BCUT2D eigenvalue weighted by Gasteiger charge is 1.99. The third-order valence-electron chi connectivity index (χ3n) is 2.90. The molecule has 1 heterocycles. The molecule has 86 valence electrons. The molecule has 1 nitrogen and oxygen atoms in total. The Morgan fingerprint density at radius 2 is 1.60 bits per heavy atom. The summed E-state index contributed by atoms with van der Waals surface area (Å²) in [7, 11) is 0. The van der Waals surface area contributed by atoms with Crippen molar-refractivity contribution in [3.8, 4) is 0 Å². The van der Waals surface area contributed by atoms with Crippen LogP contribution in [0.4, 0.5) is 0 Å². The smallest absolute Gasteiger partial charge is 0.0224 e. The zero-order valence-corrected chi connectivity index (χ0v) is 11.1. The molecule has 1 rings (SSSR count). The van der Waals surface area contributed by atoms with E-state index in [2.05, 4.69) is 36.8 Å². The molecule has 0 saturated carbocycles. The minimum absolute atomic E-state index is 1.20. The van der Waals surface area contributed by atoms with E-state index in [0.29, 0.717) is 0 Å². The Morgan fingerprint density at radius 3 is 2.20 bits per heavy atom. The molecule has 0 saturated heterocycles. The molecule has 0 aromatic carbocycles. The summed E-state index contributed by atoms with van der Waals surface area (Å²) in [4.78, 5) is 0. The largest absolute Gasteiger partial charge is 0.349 e. The van der Waals surface area contributed by atoms with Gasteiger partial charge in [-0.2, -0.15) is 11.8 Å². The van der Waals surface area contributed by atoms with Crippen molar-refractivity contribution in [2.75, 3.05) is 12.0 Å². The molecule has 0 radical (unpaired) electrons. The first-order valence-electron chi connectivity index (χ1n) is 5.87. The van der Waals surface area contributed by atoms with Crippen LogP contribution in [0.5, 0.6) is 0 Å². The second-order valence-corrected chi connectivity index (χ2v) is 5.16. The van der Waals surface area contributed by atoms with Gasteiger partial charge in [-0.15, -0.1) is 0 Å². The van der Waals surface area contributed by atoms with Gasteiger partial charge in [-0.1, -0.05) is 12.8 Å². The molecule has 0 fully saturated rings. The molecule has 0 aliphatic rings. The van der Waals surface area contributed by atoms with Gasteiger partial charge >= 0.3 is 0 Å².